The third-order valence-electron chi connectivity index (χ3n) is 6.46. The fourth-order valence-corrected chi connectivity index (χ4v) is 4.45. The Morgan fingerprint density at radius 3 is 2.34 bits per heavy atom. The van der Waals surface area contributed by atoms with Crippen LogP contribution in [0.25, 0.3) is 0 Å². The van der Waals surface area contributed by atoms with Crippen LogP contribution in [0.2, 0.25) is 0 Å². The maximum Gasteiger partial charge on any atom is 0.338 e. The van der Waals surface area contributed by atoms with E-state index in [1.54, 1.807) is 25.1 Å². The predicted octanol–water partition coefficient (Wildman–Crippen LogP) is 1.63. The second kappa shape index (κ2) is 9.35. The minimum absolute atomic E-state index is 0.273. The number of carbonyl (C=O) groups is 1. The van der Waals surface area contributed by atoms with Crippen LogP contribution < -0.4 is 0 Å². The minimum atomic E-state index is -0.711. The number of aromatic nitrogens is 1. The highest BCUT2D eigenvalue weighted by Gasteiger charge is 2.27. The van der Waals surface area contributed by atoms with Gasteiger partial charge in [0, 0.05) is 44.8 Å². The fraction of sp³-hybridized carbons (Fsp3) is 0.458. The molecule has 1 aromatic heterocycles. The third-order valence-corrected chi connectivity index (χ3v) is 6.46. The molecule has 1 aromatic carbocycles. The van der Waals surface area contributed by atoms with Crippen molar-refractivity contribution in [3.8, 4) is 6.07 Å². The lowest BCUT2D eigenvalue weighted by atomic mass is 9.95. The number of ether oxygens (including phenoxy) is 1. The minimum Gasteiger partial charge on any atom is -0.457 e. The Morgan fingerprint density at radius 2 is 1.72 bits per heavy atom. The van der Waals surface area contributed by atoms with Crippen molar-refractivity contribution < 1.29 is 19.7 Å². The number of aliphatic hydroxyl groups is 2. The standard InChI is InChI=1S/C24H28N4O4/c1-15-18(4-5-19-20(15)14-32-24(19)31)22(29)12-27-7-9-28(10-8-27)13-23(30)21-6-3-17(11-25)16(2)26-21/h3-6,22-23,29-30H,7-10,12-14H2,1-2H3/t22-,23-/m1/s1. The van der Waals surface area contributed by atoms with Crippen molar-refractivity contribution in [3.63, 3.8) is 0 Å². The van der Waals surface area contributed by atoms with Crippen molar-refractivity contribution in [3.05, 3.63) is 63.5 Å². The van der Waals surface area contributed by atoms with Crippen molar-refractivity contribution in [1.82, 2.24) is 14.8 Å². The summed E-state index contributed by atoms with van der Waals surface area (Å²) in [5.74, 6) is -0.297. The third kappa shape index (κ3) is 4.52. The molecule has 0 amide bonds. The fourth-order valence-electron chi connectivity index (χ4n) is 4.45. The van der Waals surface area contributed by atoms with Crippen LogP contribution in [0.5, 0.6) is 0 Å². The maximum absolute atomic E-state index is 11.7. The number of fused-ring (bicyclic) bond motifs is 1. The van der Waals surface area contributed by atoms with E-state index >= 15 is 0 Å². The number of piperazine rings is 1. The van der Waals surface area contributed by atoms with Gasteiger partial charge < -0.3 is 14.9 Å². The molecule has 168 valence electrons. The van der Waals surface area contributed by atoms with Crippen molar-refractivity contribution in [2.45, 2.75) is 32.7 Å². The molecular weight excluding hydrogens is 408 g/mol. The van der Waals surface area contributed by atoms with Gasteiger partial charge in [-0.2, -0.15) is 5.26 Å². The molecule has 3 heterocycles. The van der Waals surface area contributed by atoms with Crippen molar-refractivity contribution in [2.75, 3.05) is 39.3 Å². The summed E-state index contributed by atoms with van der Waals surface area (Å²) in [4.78, 5) is 20.5. The van der Waals surface area contributed by atoms with Gasteiger partial charge in [-0.15, -0.1) is 0 Å². The summed E-state index contributed by atoms with van der Waals surface area (Å²) in [6.07, 6.45) is -1.35. The molecule has 2 aromatic rings. The smallest absolute Gasteiger partial charge is 0.338 e. The Hall–Kier alpha value is -2.83. The van der Waals surface area contributed by atoms with Gasteiger partial charge in [0.15, 0.2) is 0 Å². The van der Waals surface area contributed by atoms with Crippen LogP contribution in [-0.2, 0) is 11.3 Å². The summed E-state index contributed by atoms with van der Waals surface area (Å²) in [5, 5.41) is 30.4. The van der Waals surface area contributed by atoms with E-state index in [9.17, 15) is 15.0 Å². The Morgan fingerprint density at radius 1 is 1.06 bits per heavy atom. The number of benzene rings is 1. The van der Waals surface area contributed by atoms with Gasteiger partial charge in [-0.25, -0.2) is 4.79 Å². The van der Waals surface area contributed by atoms with E-state index in [1.165, 1.54) is 0 Å². The number of esters is 1. The number of cyclic esters (lactones) is 1. The molecule has 0 aliphatic carbocycles. The molecular formula is C24H28N4O4. The number of rotatable bonds is 6. The number of nitriles is 1. The highest BCUT2D eigenvalue weighted by molar-refractivity contribution is 5.93. The number of pyridine rings is 1. The first kappa shape index (κ1) is 22.4. The first-order valence-corrected chi connectivity index (χ1v) is 10.9. The van der Waals surface area contributed by atoms with Gasteiger partial charge in [-0.3, -0.25) is 14.8 Å². The summed E-state index contributed by atoms with van der Waals surface area (Å²) in [6, 6.07) is 9.07. The molecule has 2 atom stereocenters. The van der Waals surface area contributed by atoms with E-state index in [4.69, 9.17) is 10.00 Å². The van der Waals surface area contributed by atoms with E-state index in [2.05, 4.69) is 20.9 Å². The molecule has 2 aliphatic rings. The van der Waals surface area contributed by atoms with Gasteiger partial charge in [0.25, 0.3) is 0 Å². The molecule has 0 spiro atoms. The lowest BCUT2D eigenvalue weighted by Crippen LogP contribution is -2.48. The largest absolute Gasteiger partial charge is 0.457 e. The normalized spacial score (nSPS) is 18.7. The lowest BCUT2D eigenvalue weighted by molar-refractivity contribution is 0.0470. The van der Waals surface area contributed by atoms with E-state index in [1.807, 2.05) is 13.0 Å². The van der Waals surface area contributed by atoms with Crippen LogP contribution in [0.1, 0.15) is 56.2 Å². The van der Waals surface area contributed by atoms with Crippen molar-refractivity contribution in [2.24, 2.45) is 0 Å². The van der Waals surface area contributed by atoms with Crippen LogP contribution in [0.4, 0.5) is 0 Å². The summed E-state index contributed by atoms with van der Waals surface area (Å²) in [5.41, 5.74) is 4.95. The lowest BCUT2D eigenvalue weighted by Gasteiger charge is -2.36. The summed E-state index contributed by atoms with van der Waals surface area (Å²) >= 11 is 0. The van der Waals surface area contributed by atoms with Gasteiger partial charge in [0.2, 0.25) is 0 Å². The topological polar surface area (TPSA) is 110 Å². The Labute approximate surface area is 187 Å². The monoisotopic (exact) mass is 436 g/mol. The number of aryl methyl sites for hydroxylation is 1. The van der Waals surface area contributed by atoms with E-state index in [0.29, 0.717) is 35.6 Å². The molecule has 0 unspecified atom stereocenters. The predicted molar refractivity (Wildman–Crippen MR) is 117 cm³/mol. The average Bonchev–Trinajstić information content (AvgIpc) is 3.16. The van der Waals surface area contributed by atoms with Gasteiger partial charge in [-0.05, 0) is 43.2 Å². The van der Waals surface area contributed by atoms with E-state index in [-0.39, 0.29) is 12.6 Å². The summed E-state index contributed by atoms with van der Waals surface area (Å²) < 4.78 is 5.11. The zero-order valence-electron chi connectivity index (χ0n) is 18.4. The Bertz CT molecular complexity index is 1060. The summed E-state index contributed by atoms with van der Waals surface area (Å²) in [7, 11) is 0. The highest BCUT2D eigenvalue weighted by Crippen LogP contribution is 2.29. The number of aliphatic hydroxyl groups excluding tert-OH is 2. The van der Waals surface area contributed by atoms with Crippen LogP contribution in [0.15, 0.2) is 24.3 Å². The number of hydrogen-bond acceptors (Lipinski definition) is 8. The second-order valence-corrected chi connectivity index (χ2v) is 8.50. The molecule has 1 saturated heterocycles. The van der Waals surface area contributed by atoms with Gasteiger partial charge >= 0.3 is 5.97 Å². The van der Waals surface area contributed by atoms with Gasteiger partial charge in [0.1, 0.15) is 18.8 Å². The van der Waals surface area contributed by atoms with E-state index in [0.717, 1.165) is 42.9 Å². The summed E-state index contributed by atoms with van der Waals surface area (Å²) in [6.45, 7) is 8.10. The SMILES string of the molecule is Cc1nc([C@H](O)CN2CCN(C[C@@H](O)c3ccc4c(c3C)COC4=O)CC2)ccc1C#N. The van der Waals surface area contributed by atoms with Gasteiger partial charge in [-0.1, -0.05) is 6.07 Å². The molecule has 2 N–H and O–H groups in total. The number of β-amino-alcohol motifs (C(OH)–C–C–N with tert-alkyl or cyclic N) is 2. The molecule has 2 aliphatic heterocycles. The van der Waals surface area contributed by atoms with Crippen LogP contribution in [0, 0.1) is 25.2 Å². The van der Waals surface area contributed by atoms with Crippen LogP contribution in [-0.4, -0.2) is 70.2 Å². The molecule has 8 heteroatoms. The molecule has 0 saturated carbocycles. The molecule has 1 fully saturated rings. The molecule has 32 heavy (non-hydrogen) atoms. The zero-order chi connectivity index (χ0) is 22.8. The first-order chi connectivity index (χ1) is 15.4. The van der Waals surface area contributed by atoms with Gasteiger partial charge in [0.05, 0.1) is 28.6 Å². The second-order valence-electron chi connectivity index (χ2n) is 8.50. The molecule has 4 rings (SSSR count). The molecule has 0 radical (unpaired) electrons. The number of nitrogens with zero attached hydrogens (tertiary/aromatic N) is 4. The van der Waals surface area contributed by atoms with E-state index < -0.39 is 12.2 Å². The van der Waals surface area contributed by atoms with Crippen molar-refractivity contribution in [1.29, 1.82) is 5.26 Å². The first-order valence-electron chi connectivity index (χ1n) is 10.9. The number of hydrogen-bond donors (Lipinski definition) is 2. The number of carbonyl (C=O) groups excluding carboxylic acids is 1. The quantitative estimate of drug-likeness (QED) is 0.658. The molecule has 8 nitrogen and oxygen atoms in total. The Balaban J connectivity index is 1.30. The maximum atomic E-state index is 11.7. The Kier molecular flexibility index (Phi) is 6.53. The van der Waals surface area contributed by atoms with Crippen molar-refractivity contribution >= 4 is 5.97 Å². The average molecular weight is 437 g/mol. The highest BCUT2D eigenvalue weighted by atomic mass is 16.5. The van der Waals surface area contributed by atoms with Crippen LogP contribution in [0.3, 0.4) is 0 Å². The zero-order valence-corrected chi connectivity index (χ0v) is 18.4. The molecule has 0 bridgehead atoms. The van der Waals surface area contributed by atoms with Crippen LogP contribution >= 0.6 is 0 Å².